The van der Waals surface area contributed by atoms with Crippen LogP contribution in [0.4, 0.5) is 5.82 Å². The smallest absolute Gasteiger partial charge is 0.342 e. The molecule has 0 radical (unpaired) electrons. The summed E-state index contributed by atoms with van der Waals surface area (Å²) in [5, 5.41) is 32.5. The van der Waals surface area contributed by atoms with Crippen LogP contribution in [0.2, 0.25) is 10.3 Å². The second kappa shape index (κ2) is 11.2. The molecule has 5 atom stereocenters. The van der Waals surface area contributed by atoms with E-state index >= 15 is 0 Å². The number of benzene rings is 1. The van der Waals surface area contributed by atoms with Crippen molar-refractivity contribution in [2.24, 2.45) is 0 Å². The highest BCUT2D eigenvalue weighted by Crippen LogP contribution is 2.58. The number of aromatic nitrogens is 5. The molecule has 19 heteroatoms. The second-order valence-electron chi connectivity index (χ2n) is 7.93. The molecule has 1 saturated heterocycles. The summed E-state index contributed by atoms with van der Waals surface area (Å²) in [5.41, 5.74) is 1.04. The van der Waals surface area contributed by atoms with Gasteiger partial charge in [0, 0.05) is 18.7 Å². The zero-order chi connectivity index (χ0) is 27.0. The van der Waals surface area contributed by atoms with E-state index < -0.39 is 52.2 Å². The Labute approximate surface area is 219 Å². The molecule has 0 bridgehead atoms. The van der Waals surface area contributed by atoms with Crippen LogP contribution < -0.4 is 5.32 Å². The first kappa shape index (κ1) is 28.3. The maximum atomic E-state index is 12.5. The lowest BCUT2D eigenvalue weighted by Crippen LogP contribution is -2.34. The molecule has 3 heterocycles. The highest BCUT2D eigenvalue weighted by Gasteiger charge is 2.46. The lowest BCUT2D eigenvalue weighted by molar-refractivity contribution is -0.0552. The van der Waals surface area contributed by atoms with Crippen molar-refractivity contribution >= 4 is 55.4 Å². The fourth-order valence-corrected chi connectivity index (χ4v) is 6.99. The molecule has 0 amide bonds. The van der Waals surface area contributed by atoms with Gasteiger partial charge in [0.2, 0.25) is 5.28 Å². The molecule has 0 aliphatic carbocycles. The Kier molecular flexibility index (Phi) is 8.53. The molecule has 0 saturated carbocycles. The second-order valence-corrected chi connectivity index (χ2v) is 13.0. The van der Waals surface area contributed by atoms with Crippen molar-refractivity contribution in [3.63, 3.8) is 0 Å². The van der Waals surface area contributed by atoms with Gasteiger partial charge in [0.15, 0.2) is 29.1 Å². The third kappa shape index (κ3) is 6.47. The number of aliphatic hydroxyl groups is 2. The molecule has 2 aromatic heterocycles. The van der Waals surface area contributed by atoms with Gasteiger partial charge in [-0.25, -0.2) is 0 Å². The zero-order valence-corrected chi connectivity index (χ0v) is 22.3. The summed E-state index contributed by atoms with van der Waals surface area (Å²) in [4.78, 5) is 26.4. The lowest BCUT2D eigenvalue weighted by atomic mass is 10.1. The van der Waals surface area contributed by atoms with Crippen LogP contribution in [-0.4, -0.2) is 82.9 Å². The van der Waals surface area contributed by atoms with Gasteiger partial charge in [-0.2, -0.15) is 14.6 Å². The fraction of sp³-hybridized carbons (Fsp3) is 0.444. The van der Waals surface area contributed by atoms with Crippen molar-refractivity contribution in [2.75, 3.05) is 24.9 Å². The first-order valence-electron chi connectivity index (χ1n) is 10.5. The minimum Gasteiger partial charge on any atom is -0.387 e. The molecule has 37 heavy (non-hydrogen) atoms. The summed E-state index contributed by atoms with van der Waals surface area (Å²) in [6.45, 7) is -0.337. The lowest BCUT2D eigenvalue weighted by Gasteiger charge is -2.20. The average Bonchev–Trinajstić information content (AvgIpc) is 3.36. The van der Waals surface area contributed by atoms with E-state index in [4.69, 9.17) is 42.2 Å². The number of hydrogen-bond acceptors (Lipinski definition) is 12. The standard InChI is InChI=1S/C18H22Cl2N6O9P2/c1-33-37(32,8-36(29,30)31)34-7-11-13(27)14(28)17(35-11)26-16-12(24-25-26)15(22-18(20)23-16)21-6-9-4-2-3-5-10(9)19/h2-5,11,13-14,17,27-28H,6-8H2,1H3,(H,21,22,23)(H2,29,30,31)/t11-,13-,14-,17-,37-/m1/s1. The van der Waals surface area contributed by atoms with E-state index in [9.17, 15) is 19.3 Å². The van der Waals surface area contributed by atoms with E-state index in [1.807, 2.05) is 12.1 Å². The molecular formula is C18H22Cl2N6O9P2. The molecule has 4 rings (SSSR count). The summed E-state index contributed by atoms with van der Waals surface area (Å²) in [6, 6.07) is 7.17. The summed E-state index contributed by atoms with van der Waals surface area (Å²) in [6.07, 6.45) is -5.70. The van der Waals surface area contributed by atoms with Crippen LogP contribution >= 0.6 is 38.4 Å². The fourth-order valence-electron chi connectivity index (χ4n) is 3.55. The largest absolute Gasteiger partial charge is 0.387 e. The number of fused-ring (bicyclic) bond motifs is 1. The Bertz CT molecular complexity index is 1370. The Balaban J connectivity index is 1.53. The van der Waals surface area contributed by atoms with E-state index in [1.54, 1.807) is 12.1 Å². The van der Waals surface area contributed by atoms with Gasteiger partial charge in [0.25, 0.3) is 0 Å². The minimum absolute atomic E-state index is 0.0727. The molecule has 1 aliphatic rings. The SMILES string of the molecule is CO[P@](=O)(CP(=O)(O)O)OC[C@H]1O[C@@H](n2nnc3c(NCc4ccccc4Cl)nc(Cl)nc32)[C@H](O)[C@@H]1O. The molecule has 1 aromatic carbocycles. The van der Waals surface area contributed by atoms with Crippen LogP contribution in [0.1, 0.15) is 11.8 Å². The van der Waals surface area contributed by atoms with E-state index in [0.717, 1.165) is 17.4 Å². The topological polar surface area (TPSA) is 211 Å². The van der Waals surface area contributed by atoms with Gasteiger partial charge < -0.3 is 39.1 Å². The molecule has 0 spiro atoms. The number of anilines is 1. The third-order valence-corrected chi connectivity index (χ3v) is 9.85. The third-order valence-electron chi connectivity index (χ3n) is 5.35. The molecule has 202 valence electrons. The van der Waals surface area contributed by atoms with Gasteiger partial charge in [-0.1, -0.05) is 35.0 Å². The summed E-state index contributed by atoms with van der Waals surface area (Å²) in [5.74, 6) is -0.939. The van der Waals surface area contributed by atoms with Gasteiger partial charge in [-0.05, 0) is 23.2 Å². The maximum absolute atomic E-state index is 12.5. The molecule has 5 N–H and O–H groups in total. The maximum Gasteiger partial charge on any atom is 0.342 e. The van der Waals surface area contributed by atoms with Crippen molar-refractivity contribution < 1.29 is 42.9 Å². The normalized spacial score (nSPS) is 23.9. The Morgan fingerprint density at radius 1 is 1.16 bits per heavy atom. The number of ether oxygens (including phenoxy) is 1. The predicted octanol–water partition coefficient (Wildman–Crippen LogP) is 1.75. The molecule has 3 aromatic rings. The van der Waals surface area contributed by atoms with E-state index in [2.05, 4.69) is 30.1 Å². The van der Waals surface area contributed by atoms with Crippen molar-refractivity contribution in [1.29, 1.82) is 0 Å². The average molecular weight is 599 g/mol. The summed E-state index contributed by atoms with van der Waals surface area (Å²) >= 11 is 12.3. The first-order chi connectivity index (χ1) is 17.4. The molecular weight excluding hydrogens is 577 g/mol. The van der Waals surface area contributed by atoms with E-state index in [0.29, 0.717) is 5.02 Å². The van der Waals surface area contributed by atoms with Crippen LogP contribution in [0.15, 0.2) is 24.3 Å². The predicted molar refractivity (Wildman–Crippen MR) is 130 cm³/mol. The monoisotopic (exact) mass is 598 g/mol. The quantitative estimate of drug-likeness (QED) is 0.166. The van der Waals surface area contributed by atoms with Crippen molar-refractivity contribution in [1.82, 2.24) is 25.0 Å². The van der Waals surface area contributed by atoms with E-state index in [1.165, 1.54) is 0 Å². The Morgan fingerprint density at radius 3 is 2.57 bits per heavy atom. The van der Waals surface area contributed by atoms with Gasteiger partial charge in [-0.3, -0.25) is 9.13 Å². The highest BCUT2D eigenvalue weighted by atomic mass is 35.5. The van der Waals surface area contributed by atoms with Crippen LogP contribution in [0.5, 0.6) is 0 Å². The molecule has 15 nitrogen and oxygen atoms in total. The first-order valence-corrected chi connectivity index (χ1v) is 14.8. The number of nitrogens with one attached hydrogen (secondary N) is 1. The summed E-state index contributed by atoms with van der Waals surface area (Å²) in [7, 11) is -7.99. The number of halogens is 2. The summed E-state index contributed by atoms with van der Waals surface area (Å²) < 4.78 is 40.2. The van der Waals surface area contributed by atoms with Gasteiger partial charge in [0.1, 0.15) is 18.3 Å². The Morgan fingerprint density at radius 2 is 1.89 bits per heavy atom. The number of aliphatic hydroxyl groups excluding tert-OH is 2. The van der Waals surface area contributed by atoms with Crippen LogP contribution in [0, 0.1) is 0 Å². The molecule has 1 aliphatic heterocycles. The van der Waals surface area contributed by atoms with Crippen LogP contribution in [0.25, 0.3) is 11.2 Å². The van der Waals surface area contributed by atoms with Crippen LogP contribution in [0.3, 0.4) is 0 Å². The highest BCUT2D eigenvalue weighted by molar-refractivity contribution is 7.70. The van der Waals surface area contributed by atoms with Crippen molar-refractivity contribution in [2.45, 2.75) is 31.1 Å². The van der Waals surface area contributed by atoms with Crippen molar-refractivity contribution in [3.05, 3.63) is 40.1 Å². The minimum atomic E-state index is -4.74. The Hall–Kier alpha value is -1.74. The van der Waals surface area contributed by atoms with E-state index in [-0.39, 0.29) is 28.8 Å². The van der Waals surface area contributed by atoms with Crippen LogP contribution in [-0.2, 0) is 29.5 Å². The number of hydrogen-bond donors (Lipinski definition) is 5. The number of nitrogens with zero attached hydrogens (tertiary/aromatic N) is 5. The molecule has 0 unspecified atom stereocenters. The van der Waals surface area contributed by atoms with Gasteiger partial charge >= 0.3 is 15.2 Å². The van der Waals surface area contributed by atoms with Gasteiger partial charge in [0.05, 0.1) is 6.61 Å². The van der Waals surface area contributed by atoms with Crippen molar-refractivity contribution in [3.8, 4) is 0 Å². The number of rotatable bonds is 10. The van der Waals surface area contributed by atoms with Gasteiger partial charge in [-0.15, -0.1) is 5.10 Å². The molecule has 1 fully saturated rings. The zero-order valence-electron chi connectivity index (χ0n) is 19.0.